The summed E-state index contributed by atoms with van der Waals surface area (Å²) in [7, 11) is 1.75. The molecule has 0 saturated carbocycles. The van der Waals surface area contributed by atoms with Crippen LogP contribution in [0.2, 0.25) is 0 Å². The molecule has 4 N–H and O–H groups in total. The lowest BCUT2D eigenvalue weighted by Gasteiger charge is -2.16. The Bertz CT molecular complexity index is 851. The fourth-order valence-corrected chi connectivity index (χ4v) is 3.08. The van der Waals surface area contributed by atoms with Crippen LogP contribution in [-0.4, -0.2) is 34.5 Å². The van der Waals surface area contributed by atoms with E-state index < -0.39 is 0 Å². The maximum atomic E-state index is 12.5. The Hall–Kier alpha value is -2.84. The van der Waals surface area contributed by atoms with Gasteiger partial charge in [0.05, 0.1) is 12.2 Å². The zero-order chi connectivity index (χ0) is 17.6. The second kappa shape index (κ2) is 7.82. The molecule has 2 heterocycles. The number of hydrogen-bond acceptors (Lipinski definition) is 7. The topological polar surface area (TPSA) is 106 Å². The number of amides is 1. The molecule has 3 aromatic rings. The van der Waals surface area contributed by atoms with Gasteiger partial charge in [0, 0.05) is 19.8 Å². The van der Waals surface area contributed by atoms with E-state index in [9.17, 15) is 4.79 Å². The molecule has 25 heavy (non-hydrogen) atoms. The van der Waals surface area contributed by atoms with Gasteiger partial charge in [-0.05, 0) is 11.6 Å². The Morgan fingerprint density at radius 1 is 1.24 bits per heavy atom. The lowest BCUT2D eigenvalue weighted by atomic mass is 10.1. The molecule has 0 radical (unpaired) electrons. The number of nitrogens with two attached hydrogens (primary N) is 1. The average molecular weight is 354 g/mol. The first kappa shape index (κ1) is 17.0. The standard InChI is InChI=1S/C17H18N6OS/c1-19-17-20-8-7-12(23-17)16-21-10-14(25-16)15(24)22-13(9-18)11-5-3-2-4-6-11/h2-8,10,13H,9,18H2,1H3,(H,22,24)(H,19,20,23)/t13-/m0/s1. The minimum Gasteiger partial charge on any atom is -0.357 e. The minimum absolute atomic E-state index is 0.203. The van der Waals surface area contributed by atoms with Gasteiger partial charge in [0.2, 0.25) is 5.95 Å². The van der Waals surface area contributed by atoms with Crippen molar-refractivity contribution in [1.29, 1.82) is 0 Å². The summed E-state index contributed by atoms with van der Waals surface area (Å²) in [5.41, 5.74) is 7.45. The number of thiazole rings is 1. The molecule has 7 nitrogen and oxygen atoms in total. The Balaban J connectivity index is 1.76. The molecule has 0 spiro atoms. The summed E-state index contributed by atoms with van der Waals surface area (Å²) in [6, 6.07) is 11.2. The van der Waals surface area contributed by atoms with Gasteiger partial charge >= 0.3 is 0 Å². The lowest BCUT2D eigenvalue weighted by molar-refractivity contribution is 0.0941. The molecule has 1 atom stereocenters. The van der Waals surface area contributed by atoms with Gasteiger partial charge < -0.3 is 16.4 Å². The summed E-state index contributed by atoms with van der Waals surface area (Å²) in [5.74, 6) is 0.303. The highest BCUT2D eigenvalue weighted by atomic mass is 32.1. The van der Waals surface area contributed by atoms with E-state index in [1.54, 1.807) is 25.5 Å². The van der Waals surface area contributed by atoms with Crippen molar-refractivity contribution in [3.8, 4) is 10.7 Å². The zero-order valence-electron chi connectivity index (χ0n) is 13.6. The summed E-state index contributed by atoms with van der Waals surface area (Å²) < 4.78 is 0. The number of hydrogen-bond donors (Lipinski definition) is 3. The van der Waals surface area contributed by atoms with E-state index in [0.717, 1.165) is 5.56 Å². The maximum Gasteiger partial charge on any atom is 0.263 e. The molecule has 0 unspecified atom stereocenters. The fourth-order valence-electron chi connectivity index (χ4n) is 2.29. The Labute approximate surface area is 149 Å². The zero-order valence-corrected chi connectivity index (χ0v) is 14.5. The second-order valence-corrected chi connectivity index (χ2v) is 6.25. The van der Waals surface area contributed by atoms with Gasteiger partial charge in [-0.15, -0.1) is 11.3 Å². The molecule has 1 aromatic carbocycles. The highest BCUT2D eigenvalue weighted by Gasteiger charge is 2.17. The van der Waals surface area contributed by atoms with E-state index in [0.29, 0.717) is 28.1 Å². The molecular weight excluding hydrogens is 336 g/mol. The number of nitrogens with one attached hydrogen (secondary N) is 2. The first-order chi connectivity index (χ1) is 12.2. The lowest BCUT2D eigenvalue weighted by Crippen LogP contribution is -2.32. The fraction of sp³-hybridized carbons (Fsp3) is 0.176. The molecule has 0 saturated heterocycles. The Morgan fingerprint density at radius 3 is 2.76 bits per heavy atom. The van der Waals surface area contributed by atoms with Crippen molar-refractivity contribution >= 4 is 23.2 Å². The first-order valence-corrected chi connectivity index (χ1v) is 8.55. The van der Waals surface area contributed by atoms with Crippen LogP contribution in [-0.2, 0) is 0 Å². The minimum atomic E-state index is -0.241. The van der Waals surface area contributed by atoms with Crippen molar-refractivity contribution < 1.29 is 4.79 Å². The number of carbonyl (C=O) groups is 1. The number of aromatic nitrogens is 3. The average Bonchev–Trinajstić information content (AvgIpc) is 3.17. The quantitative estimate of drug-likeness (QED) is 0.626. The van der Waals surface area contributed by atoms with Crippen molar-refractivity contribution in [1.82, 2.24) is 20.3 Å². The second-order valence-electron chi connectivity index (χ2n) is 5.22. The third kappa shape index (κ3) is 3.98. The van der Waals surface area contributed by atoms with Gasteiger partial charge in [-0.1, -0.05) is 30.3 Å². The van der Waals surface area contributed by atoms with Gasteiger partial charge in [0.15, 0.2) is 0 Å². The molecule has 0 fully saturated rings. The van der Waals surface area contributed by atoms with Crippen LogP contribution in [0.25, 0.3) is 10.7 Å². The van der Waals surface area contributed by atoms with Crippen LogP contribution in [0, 0.1) is 0 Å². The van der Waals surface area contributed by atoms with Gasteiger partial charge in [0.1, 0.15) is 15.6 Å². The van der Waals surface area contributed by atoms with Crippen LogP contribution in [0.1, 0.15) is 21.3 Å². The molecule has 0 bridgehead atoms. The third-order valence-corrected chi connectivity index (χ3v) is 4.59. The Kier molecular flexibility index (Phi) is 5.32. The molecular formula is C17H18N6OS. The van der Waals surface area contributed by atoms with Crippen LogP contribution in [0.5, 0.6) is 0 Å². The summed E-state index contributed by atoms with van der Waals surface area (Å²) in [5, 5.41) is 6.49. The highest BCUT2D eigenvalue weighted by Crippen LogP contribution is 2.24. The van der Waals surface area contributed by atoms with Crippen molar-refractivity contribution in [2.24, 2.45) is 5.73 Å². The van der Waals surface area contributed by atoms with Crippen LogP contribution in [0.15, 0.2) is 48.8 Å². The third-order valence-electron chi connectivity index (χ3n) is 3.57. The maximum absolute atomic E-state index is 12.5. The molecule has 1 amide bonds. The summed E-state index contributed by atoms with van der Waals surface area (Å²) in [4.78, 5) is 25.7. The molecule has 0 aliphatic heterocycles. The number of anilines is 1. The van der Waals surface area contributed by atoms with E-state index in [1.807, 2.05) is 30.3 Å². The van der Waals surface area contributed by atoms with Crippen LogP contribution < -0.4 is 16.4 Å². The van der Waals surface area contributed by atoms with Crippen LogP contribution in [0.4, 0.5) is 5.95 Å². The SMILES string of the molecule is CNc1nccc(-c2ncc(C(=O)N[C@@H](CN)c3ccccc3)s2)n1. The van der Waals surface area contributed by atoms with E-state index in [2.05, 4.69) is 25.6 Å². The van der Waals surface area contributed by atoms with Crippen LogP contribution in [0.3, 0.4) is 0 Å². The summed E-state index contributed by atoms with van der Waals surface area (Å²) in [6.07, 6.45) is 3.20. The molecule has 0 aliphatic rings. The Morgan fingerprint density at radius 2 is 2.04 bits per heavy atom. The van der Waals surface area contributed by atoms with Gasteiger partial charge in [0.25, 0.3) is 5.91 Å². The van der Waals surface area contributed by atoms with Gasteiger partial charge in [-0.2, -0.15) is 0 Å². The van der Waals surface area contributed by atoms with Gasteiger partial charge in [-0.3, -0.25) is 4.79 Å². The molecule has 128 valence electrons. The predicted octanol–water partition coefficient (Wildman–Crippen LogP) is 2.07. The number of carbonyl (C=O) groups excluding carboxylic acids is 1. The molecule has 2 aromatic heterocycles. The van der Waals surface area contributed by atoms with Crippen molar-refractivity contribution in [2.75, 3.05) is 18.9 Å². The highest BCUT2D eigenvalue weighted by molar-refractivity contribution is 7.16. The molecule has 8 heteroatoms. The smallest absolute Gasteiger partial charge is 0.263 e. The first-order valence-electron chi connectivity index (χ1n) is 7.74. The van der Waals surface area contributed by atoms with Crippen molar-refractivity contribution in [3.63, 3.8) is 0 Å². The molecule has 0 aliphatic carbocycles. The van der Waals surface area contributed by atoms with Crippen LogP contribution >= 0.6 is 11.3 Å². The predicted molar refractivity (Wildman–Crippen MR) is 98.4 cm³/mol. The van der Waals surface area contributed by atoms with E-state index in [4.69, 9.17) is 5.73 Å². The van der Waals surface area contributed by atoms with E-state index >= 15 is 0 Å². The monoisotopic (exact) mass is 354 g/mol. The summed E-state index contributed by atoms with van der Waals surface area (Å²) in [6.45, 7) is 0.318. The molecule has 3 rings (SSSR count). The van der Waals surface area contributed by atoms with Crippen molar-refractivity contribution in [3.05, 3.63) is 59.2 Å². The van der Waals surface area contributed by atoms with E-state index in [-0.39, 0.29) is 11.9 Å². The number of benzene rings is 1. The van der Waals surface area contributed by atoms with E-state index in [1.165, 1.54) is 11.3 Å². The number of nitrogens with zero attached hydrogens (tertiary/aromatic N) is 3. The van der Waals surface area contributed by atoms with Gasteiger partial charge in [-0.25, -0.2) is 15.0 Å². The normalized spacial score (nSPS) is 11.8. The van der Waals surface area contributed by atoms with Crippen molar-refractivity contribution in [2.45, 2.75) is 6.04 Å². The number of rotatable bonds is 6. The largest absolute Gasteiger partial charge is 0.357 e. The summed E-state index contributed by atoms with van der Waals surface area (Å²) >= 11 is 1.28.